The molecular formula is C13H19N3O4S. The standard InChI is InChI=1S/C13H19N3O4S/c1-16(2)12(17)4-5-15-13(18)9-6-10(14)8-11(7-9)21(3,19)20/h6-8H,4-5,14H2,1-3H3,(H,15,18). The van der Waals surface area contributed by atoms with Crippen LogP contribution in [0.2, 0.25) is 0 Å². The van der Waals surface area contributed by atoms with Gasteiger partial charge < -0.3 is 16.0 Å². The monoisotopic (exact) mass is 313 g/mol. The van der Waals surface area contributed by atoms with Crippen LogP contribution in [-0.4, -0.2) is 52.0 Å². The quantitative estimate of drug-likeness (QED) is 0.737. The maximum Gasteiger partial charge on any atom is 0.251 e. The zero-order valence-electron chi connectivity index (χ0n) is 12.2. The Bertz CT molecular complexity index is 653. The van der Waals surface area contributed by atoms with E-state index in [2.05, 4.69) is 5.32 Å². The van der Waals surface area contributed by atoms with E-state index < -0.39 is 15.7 Å². The highest BCUT2D eigenvalue weighted by molar-refractivity contribution is 7.90. The maximum atomic E-state index is 11.9. The van der Waals surface area contributed by atoms with E-state index in [9.17, 15) is 18.0 Å². The second-order valence-electron chi connectivity index (χ2n) is 4.86. The topological polar surface area (TPSA) is 110 Å². The Morgan fingerprint density at radius 1 is 1.24 bits per heavy atom. The minimum atomic E-state index is -3.45. The van der Waals surface area contributed by atoms with E-state index in [0.717, 1.165) is 6.26 Å². The Kier molecular flexibility index (Phi) is 5.31. The molecule has 1 rings (SSSR count). The number of nitrogens with two attached hydrogens (primary N) is 1. The van der Waals surface area contributed by atoms with Crippen molar-refractivity contribution >= 4 is 27.3 Å². The van der Waals surface area contributed by atoms with Gasteiger partial charge in [0.15, 0.2) is 9.84 Å². The molecule has 116 valence electrons. The Balaban J connectivity index is 2.80. The summed E-state index contributed by atoms with van der Waals surface area (Å²) in [7, 11) is -0.196. The summed E-state index contributed by atoms with van der Waals surface area (Å²) in [6.07, 6.45) is 1.21. The molecule has 0 unspecified atom stereocenters. The summed E-state index contributed by atoms with van der Waals surface area (Å²) in [4.78, 5) is 24.7. The fourth-order valence-electron chi connectivity index (χ4n) is 1.58. The molecule has 21 heavy (non-hydrogen) atoms. The van der Waals surface area contributed by atoms with Gasteiger partial charge in [-0.1, -0.05) is 0 Å². The third-order valence-electron chi connectivity index (χ3n) is 2.74. The molecule has 0 aliphatic rings. The Hall–Kier alpha value is -2.09. The van der Waals surface area contributed by atoms with Crippen molar-refractivity contribution in [2.45, 2.75) is 11.3 Å². The lowest BCUT2D eigenvalue weighted by molar-refractivity contribution is -0.128. The first-order chi connectivity index (χ1) is 9.61. The molecule has 0 fully saturated rings. The second-order valence-corrected chi connectivity index (χ2v) is 6.87. The molecule has 0 aliphatic carbocycles. The van der Waals surface area contributed by atoms with Gasteiger partial charge in [0.05, 0.1) is 4.90 Å². The van der Waals surface area contributed by atoms with Crippen molar-refractivity contribution in [3.63, 3.8) is 0 Å². The summed E-state index contributed by atoms with van der Waals surface area (Å²) in [5, 5.41) is 2.55. The van der Waals surface area contributed by atoms with Crippen molar-refractivity contribution in [2.75, 3.05) is 32.6 Å². The summed E-state index contributed by atoms with van der Waals surface area (Å²) >= 11 is 0. The molecule has 0 radical (unpaired) electrons. The van der Waals surface area contributed by atoms with Crippen LogP contribution >= 0.6 is 0 Å². The van der Waals surface area contributed by atoms with E-state index in [-0.39, 0.29) is 35.0 Å². The smallest absolute Gasteiger partial charge is 0.251 e. The number of nitrogens with one attached hydrogen (secondary N) is 1. The summed E-state index contributed by atoms with van der Waals surface area (Å²) in [6.45, 7) is 0.166. The number of amides is 2. The highest BCUT2D eigenvalue weighted by Gasteiger charge is 2.14. The molecule has 0 saturated heterocycles. The van der Waals surface area contributed by atoms with E-state index in [1.165, 1.54) is 23.1 Å². The van der Waals surface area contributed by atoms with Crippen LogP contribution in [0.1, 0.15) is 16.8 Å². The molecule has 0 atom stereocenters. The third kappa shape index (κ3) is 5.07. The Morgan fingerprint density at radius 3 is 2.38 bits per heavy atom. The summed E-state index contributed by atoms with van der Waals surface area (Å²) < 4.78 is 23.0. The average Bonchev–Trinajstić information content (AvgIpc) is 2.36. The molecule has 0 aromatic heterocycles. The Morgan fingerprint density at radius 2 is 1.86 bits per heavy atom. The number of sulfone groups is 1. The van der Waals surface area contributed by atoms with Gasteiger partial charge in [0.25, 0.3) is 5.91 Å². The molecule has 0 bridgehead atoms. The lowest BCUT2D eigenvalue weighted by Gasteiger charge is -2.11. The number of carbonyl (C=O) groups is 2. The van der Waals surface area contributed by atoms with Gasteiger partial charge in [-0.15, -0.1) is 0 Å². The molecule has 2 amide bonds. The second kappa shape index (κ2) is 6.57. The van der Waals surface area contributed by atoms with Crippen LogP contribution in [0.15, 0.2) is 23.1 Å². The SMILES string of the molecule is CN(C)C(=O)CCNC(=O)c1cc(N)cc(S(C)(=O)=O)c1. The summed E-state index contributed by atoms with van der Waals surface area (Å²) in [5.41, 5.74) is 5.94. The van der Waals surface area contributed by atoms with Gasteiger partial charge in [0, 0.05) is 44.6 Å². The molecule has 8 heteroatoms. The molecule has 0 heterocycles. The number of nitrogen functional groups attached to an aromatic ring is 1. The maximum absolute atomic E-state index is 11.9. The third-order valence-corrected chi connectivity index (χ3v) is 3.83. The minimum Gasteiger partial charge on any atom is -0.399 e. The molecule has 0 aliphatic heterocycles. The van der Waals surface area contributed by atoms with Crippen LogP contribution in [0, 0.1) is 0 Å². The number of benzene rings is 1. The van der Waals surface area contributed by atoms with Gasteiger partial charge in [-0.2, -0.15) is 0 Å². The van der Waals surface area contributed by atoms with Gasteiger partial charge in [0.1, 0.15) is 0 Å². The number of hydrogen-bond donors (Lipinski definition) is 2. The van der Waals surface area contributed by atoms with Crippen molar-refractivity contribution in [2.24, 2.45) is 0 Å². The normalized spacial score (nSPS) is 11.0. The van der Waals surface area contributed by atoms with Gasteiger partial charge in [-0.25, -0.2) is 8.42 Å². The highest BCUT2D eigenvalue weighted by Crippen LogP contribution is 2.16. The lowest BCUT2D eigenvalue weighted by Crippen LogP contribution is -2.30. The van der Waals surface area contributed by atoms with Crippen molar-refractivity contribution in [3.05, 3.63) is 23.8 Å². The van der Waals surface area contributed by atoms with Gasteiger partial charge >= 0.3 is 0 Å². The number of nitrogens with zero attached hydrogens (tertiary/aromatic N) is 1. The number of anilines is 1. The fourth-order valence-corrected chi connectivity index (χ4v) is 2.27. The van der Waals surface area contributed by atoms with Gasteiger partial charge in [-0.3, -0.25) is 9.59 Å². The van der Waals surface area contributed by atoms with Crippen molar-refractivity contribution in [1.29, 1.82) is 0 Å². The van der Waals surface area contributed by atoms with Gasteiger partial charge in [0.2, 0.25) is 5.91 Å². The zero-order valence-corrected chi connectivity index (χ0v) is 13.0. The molecule has 3 N–H and O–H groups in total. The van der Waals surface area contributed by atoms with Crippen molar-refractivity contribution < 1.29 is 18.0 Å². The highest BCUT2D eigenvalue weighted by atomic mass is 32.2. The predicted octanol–water partition coefficient (Wildman–Crippen LogP) is -0.120. The number of rotatable bonds is 5. The van der Waals surface area contributed by atoms with Crippen molar-refractivity contribution in [1.82, 2.24) is 10.2 Å². The molecule has 7 nitrogen and oxygen atoms in total. The first kappa shape index (κ1) is 17.0. The van der Waals surface area contributed by atoms with E-state index in [1.807, 2.05) is 0 Å². The molecular weight excluding hydrogens is 294 g/mol. The first-order valence-corrected chi connectivity index (χ1v) is 8.09. The van der Waals surface area contributed by atoms with Crippen molar-refractivity contribution in [3.8, 4) is 0 Å². The lowest BCUT2D eigenvalue weighted by atomic mass is 10.2. The van der Waals surface area contributed by atoms with Crippen LogP contribution in [0.25, 0.3) is 0 Å². The summed E-state index contributed by atoms with van der Waals surface area (Å²) in [5.74, 6) is -0.585. The van der Waals surface area contributed by atoms with Crippen LogP contribution in [0.4, 0.5) is 5.69 Å². The fraction of sp³-hybridized carbons (Fsp3) is 0.385. The van der Waals surface area contributed by atoms with E-state index in [0.29, 0.717) is 0 Å². The minimum absolute atomic E-state index is 0.0167. The largest absolute Gasteiger partial charge is 0.399 e. The van der Waals surface area contributed by atoms with E-state index in [1.54, 1.807) is 14.1 Å². The molecule has 1 aromatic carbocycles. The zero-order chi connectivity index (χ0) is 16.2. The first-order valence-electron chi connectivity index (χ1n) is 6.20. The number of hydrogen-bond acceptors (Lipinski definition) is 5. The number of carbonyl (C=O) groups excluding carboxylic acids is 2. The summed E-state index contributed by atoms with van der Waals surface area (Å²) in [6, 6.07) is 3.94. The average molecular weight is 313 g/mol. The van der Waals surface area contributed by atoms with Crippen LogP contribution in [0.5, 0.6) is 0 Å². The molecule has 1 aromatic rings. The van der Waals surface area contributed by atoms with Crippen LogP contribution in [-0.2, 0) is 14.6 Å². The van der Waals surface area contributed by atoms with E-state index in [4.69, 9.17) is 5.73 Å². The van der Waals surface area contributed by atoms with E-state index >= 15 is 0 Å². The van der Waals surface area contributed by atoms with Crippen LogP contribution < -0.4 is 11.1 Å². The predicted molar refractivity (Wildman–Crippen MR) is 79.6 cm³/mol. The molecule has 0 saturated carbocycles. The molecule has 0 spiro atoms. The van der Waals surface area contributed by atoms with Gasteiger partial charge in [-0.05, 0) is 18.2 Å². The Labute approximate surface area is 124 Å². The van der Waals surface area contributed by atoms with Crippen LogP contribution in [0.3, 0.4) is 0 Å².